The topological polar surface area (TPSA) is 73.3 Å². The smallest absolute Gasteiger partial charge is 0.103 e. The number of benzene rings is 1. The van der Waals surface area contributed by atoms with E-state index in [9.17, 15) is 0 Å². The number of aliphatic hydroxyl groups is 1. The maximum absolute atomic E-state index is 8.62. The van der Waals surface area contributed by atoms with Crippen molar-refractivity contribution in [2.24, 2.45) is 4.99 Å². The molecule has 0 aliphatic rings. The quantitative estimate of drug-likeness (QED) is 0.422. The van der Waals surface area contributed by atoms with Crippen LogP contribution < -0.4 is 5.32 Å². The largest absolute Gasteiger partial charge is 0.396 e. The van der Waals surface area contributed by atoms with E-state index in [-0.39, 0.29) is 6.61 Å². The van der Waals surface area contributed by atoms with Crippen LogP contribution in [0.5, 0.6) is 0 Å². The number of hydrogen-bond donors (Lipinski definition) is 3. The van der Waals surface area contributed by atoms with Gasteiger partial charge in [0.25, 0.3) is 0 Å². The second-order valence-electron chi connectivity index (χ2n) is 4.22. The van der Waals surface area contributed by atoms with Gasteiger partial charge < -0.3 is 15.4 Å². The Bertz CT molecular complexity index is 531. The highest BCUT2D eigenvalue weighted by Gasteiger charge is 2.00. The molecule has 0 bridgehead atoms. The molecule has 1 aromatic carbocycles. The third kappa shape index (κ3) is 3.93. The Balaban J connectivity index is 1.93. The fraction of sp³-hybridized carbons (Fsp3) is 0.286. The normalized spacial score (nSPS) is 11.1. The molecule has 19 heavy (non-hydrogen) atoms. The van der Waals surface area contributed by atoms with Crippen LogP contribution in [0.3, 0.4) is 0 Å². The summed E-state index contributed by atoms with van der Waals surface area (Å²) in [4.78, 5) is 11.5. The highest BCUT2D eigenvalue weighted by Crippen LogP contribution is 2.19. The van der Waals surface area contributed by atoms with E-state index in [1.165, 1.54) is 0 Å². The Morgan fingerprint density at radius 1 is 1.37 bits per heavy atom. The van der Waals surface area contributed by atoms with Crippen LogP contribution in [0.15, 0.2) is 35.5 Å². The first-order valence-corrected chi connectivity index (χ1v) is 6.27. The first-order valence-electron chi connectivity index (χ1n) is 6.27. The van der Waals surface area contributed by atoms with E-state index in [4.69, 9.17) is 5.11 Å². The van der Waals surface area contributed by atoms with Crippen molar-refractivity contribution in [1.29, 1.82) is 0 Å². The van der Waals surface area contributed by atoms with Crippen LogP contribution in [0.2, 0.25) is 0 Å². The van der Waals surface area contributed by atoms with E-state index in [0.717, 1.165) is 22.8 Å². The summed E-state index contributed by atoms with van der Waals surface area (Å²) >= 11 is 0. The lowest BCUT2D eigenvalue weighted by molar-refractivity contribution is 0.291. The van der Waals surface area contributed by atoms with Crippen molar-refractivity contribution in [2.45, 2.75) is 13.3 Å². The van der Waals surface area contributed by atoms with Gasteiger partial charge in [0.1, 0.15) is 5.82 Å². The first-order chi connectivity index (χ1) is 9.29. The standard InChI is InChI=1S/C14H18N4O/c1-11-16-9-14(18-11)12-3-5-13(6-4-12)17-10-15-7-2-8-19/h3-6,9-10,19H,2,7-8H2,1H3,(H,15,17)(H,16,18). The summed E-state index contributed by atoms with van der Waals surface area (Å²) in [5.74, 6) is 0.910. The number of imidazole rings is 1. The van der Waals surface area contributed by atoms with Crippen molar-refractivity contribution < 1.29 is 5.11 Å². The molecule has 5 heteroatoms. The summed E-state index contributed by atoms with van der Waals surface area (Å²) in [5.41, 5.74) is 3.09. The lowest BCUT2D eigenvalue weighted by Gasteiger charge is -2.02. The van der Waals surface area contributed by atoms with Gasteiger partial charge >= 0.3 is 0 Å². The molecule has 5 nitrogen and oxygen atoms in total. The summed E-state index contributed by atoms with van der Waals surface area (Å²) in [5, 5.41) is 11.7. The molecule has 0 aliphatic carbocycles. The summed E-state index contributed by atoms with van der Waals surface area (Å²) in [6.45, 7) is 2.74. The SMILES string of the molecule is Cc1ncc(-c2ccc(NC=NCCCO)cc2)[nH]1. The van der Waals surface area contributed by atoms with E-state index in [1.54, 1.807) is 6.34 Å². The second kappa shape index (κ2) is 6.70. The van der Waals surface area contributed by atoms with Gasteiger partial charge in [0.2, 0.25) is 0 Å². The number of aryl methyl sites for hydroxylation is 1. The van der Waals surface area contributed by atoms with E-state index in [0.29, 0.717) is 13.0 Å². The van der Waals surface area contributed by atoms with E-state index in [1.807, 2.05) is 37.4 Å². The van der Waals surface area contributed by atoms with E-state index in [2.05, 4.69) is 20.3 Å². The zero-order chi connectivity index (χ0) is 13.5. The third-order valence-electron chi connectivity index (χ3n) is 2.67. The molecule has 1 heterocycles. The number of rotatable bonds is 6. The molecule has 0 atom stereocenters. The summed E-state index contributed by atoms with van der Waals surface area (Å²) in [6.07, 6.45) is 4.18. The molecule has 0 radical (unpaired) electrons. The van der Waals surface area contributed by atoms with Crippen molar-refractivity contribution >= 4 is 12.0 Å². The van der Waals surface area contributed by atoms with Crippen LogP contribution in [0.1, 0.15) is 12.2 Å². The van der Waals surface area contributed by atoms with Gasteiger partial charge in [0, 0.05) is 18.8 Å². The number of aromatic nitrogens is 2. The molecule has 0 fully saturated rings. The molecule has 100 valence electrons. The van der Waals surface area contributed by atoms with Gasteiger partial charge in [-0.25, -0.2) is 4.98 Å². The molecule has 0 spiro atoms. The van der Waals surface area contributed by atoms with Crippen LogP contribution >= 0.6 is 0 Å². The number of aliphatic hydroxyl groups excluding tert-OH is 1. The Morgan fingerprint density at radius 3 is 2.79 bits per heavy atom. The fourth-order valence-electron chi connectivity index (χ4n) is 1.66. The Kier molecular flexibility index (Phi) is 4.69. The van der Waals surface area contributed by atoms with Crippen molar-refractivity contribution in [3.63, 3.8) is 0 Å². The molecule has 0 aliphatic heterocycles. The summed E-state index contributed by atoms with van der Waals surface area (Å²) in [7, 11) is 0. The van der Waals surface area contributed by atoms with Crippen LogP contribution in [-0.2, 0) is 0 Å². The minimum atomic E-state index is 0.176. The summed E-state index contributed by atoms with van der Waals surface area (Å²) < 4.78 is 0. The number of H-pyrrole nitrogens is 1. The Hall–Kier alpha value is -2.14. The van der Waals surface area contributed by atoms with Crippen molar-refractivity contribution in [3.8, 4) is 11.3 Å². The molecule has 0 unspecified atom stereocenters. The molecule has 1 aromatic heterocycles. The number of nitrogens with one attached hydrogen (secondary N) is 2. The number of aliphatic imine (C=N–C) groups is 1. The molecule has 0 amide bonds. The van der Waals surface area contributed by atoms with Gasteiger partial charge in [-0.2, -0.15) is 0 Å². The fourth-order valence-corrected chi connectivity index (χ4v) is 1.66. The third-order valence-corrected chi connectivity index (χ3v) is 2.67. The van der Waals surface area contributed by atoms with Gasteiger partial charge in [-0.1, -0.05) is 12.1 Å². The predicted molar refractivity (Wildman–Crippen MR) is 77.4 cm³/mol. The van der Waals surface area contributed by atoms with Crippen LogP contribution in [0.25, 0.3) is 11.3 Å². The number of hydrogen-bond acceptors (Lipinski definition) is 3. The van der Waals surface area contributed by atoms with Crippen molar-refractivity contribution in [3.05, 3.63) is 36.3 Å². The number of anilines is 1. The highest BCUT2D eigenvalue weighted by atomic mass is 16.3. The number of aromatic amines is 1. The van der Waals surface area contributed by atoms with Crippen LogP contribution in [-0.4, -0.2) is 34.6 Å². The van der Waals surface area contributed by atoms with Crippen LogP contribution in [0.4, 0.5) is 5.69 Å². The lowest BCUT2D eigenvalue weighted by Crippen LogP contribution is -1.96. The van der Waals surface area contributed by atoms with E-state index < -0.39 is 0 Å². The first kappa shape index (κ1) is 13.3. The molecule has 3 N–H and O–H groups in total. The minimum Gasteiger partial charge on any atom is -0.396 e. The predicted octanol–water partition coefficient (Wildman–Crippen LogP) is 2.21. The molecule has 0 saturated carbocycles. The second-order valence-corrected chi connectivity index (χ2v) is 4.22. The monoisotopic (exact) mass is 258 g/mol. The van der Waals surface area contributed by atoms with Gasteiger partial charge in [-0.05, 0) is 31.0 Å². The Labute approximate surface area is 112 Å². The Morgan fingerprint density at radius 2 is 2.16 bits per heavy atom. The number of nitrogens with zero attached hydrogens (tertiary/aromatic N) is 2. The highest BCUT2D eigenvalue weighted by molar-refractivity contribution is 5.76. The van der Waals surface area contributed by atoms with Gasteiger partial charge in [-0.3, -0.25) is 4.99 Å². The molecule has 2 rings (SSSR count). The zero-order valence-electron chi connectivity index (χ0n) is 10.9. The van der Waals surface area contributed by atoms with E-state index >= 15 is 0 Å². The maximum Gasteiger partial charge on any atom is 0.103 e. The van der Waals surface area contributed by atoms with Crippen molar-refractivity contribution in [2.75, 3.05) is 18.5 Å². The summed E-state index contributed by atoms with van der Waals surface area (Å²) in [6, 6.07) is 8.03. The molecular formula is C14H18N4O. The van der Waals surface area contributed by atoms with Gasteiger partial charge in [0.15, 0.2) is 0 Å². The lowest BCUT2D eigenvalue weighted by atomic mass is 10.1. The van der Waals surface area contributed by atoms with Gasteiger partial charge in [0.05, 0.1) is 18.2 Å². The molecule has 2 aromatic rings. The molecular weight excluding hydrogens is 240 g/mol. The van der Waals surface area contributed by atoms with Crippen LogP contribution in [0, 0.1) is 6.92 Å². The van der Waals surface area contributed by atoms with Gasteiger partial charge in [-0.15, -0.1) is 0 Å². The molecule has 0 saturated heterocycles. The zero-order valence-corrected chi connectivity index (χ0v) is 10.9. The van der Waals surface area contributed by atoms with Crippen molar-refractivity contribution in [1.82, 2.24) is 9.97 Å². The average molecular weight is 258 g/mol. The minimum absolute atomic E-state index is 0.176. The average Bonchev–Trinajstić information content (AvgIpc) is 2.86. The maximum atomic E-state index is 8.62.